The van der Waals surface area contributed by atoms with Gasteiger partial charge in [0.2, 0.25) is 0 Å². The summed E-state index contributed by atoms with van der Waals surface area (Å²) in [5.74, 6) is -0.993. The highest BCUT2D eigenvalue weighted by Crippen LogP contribution is 2.13. The molecule has 24 heavy (non-hydrogen) atoms. The van der Waals surface area contributed by atoms with Crippen LogP contribution < -0.4 is 0 Å². The van der Waals surface area contributed by atoms with Crippen LogP contribution in [-0.2, 0) is 19.1 Å². The Labute approximate surface area is 148 Å². The van der Waals surface area contributed by atoms with E-state index < -0.39 is 11.9 Å². The molecule has 0 rings (SSSR count). The Morgan fingerprint density at radius 3 is 1.71 bits per heavy atom. The van der Waals surface area contributed by atoms with E-state index in [1.54, 1.807) is 0 Å². The van der Waals surface area contributed by atoms with Gasteiger partial charge in [0, 0.05) is 12.2 Å². The van der Waals surface area contributed by atoms with E-state index >= 15 is 0 Å². The average molecular weight is 341 g/mol. The summed E-state index contributed by atoms with van der Waals surface area (Å²) in [5, 5.41) is 0. The van der Waals surface area contributed by atoms with Crippen molar-refractivity contribution >= 4 is 11.9 Å². The minimum atomic E-state index is -0.509. The van der Waals surface area contributed by atoms with Crippen molar-refractivity contribution in [2.24, 2.45) is 5.41 Å². The lowest BCUT2D eigenvalue weighted by atomic mass is 9.99. The van der Waals surface area contributed by atoms with Gasteiger partial charge in [0.15, 0.2) is 0 Å². The molecule has 0 atom stereocenters. The summed E-state index contributed by atoms with van der Waals surface area (Å²) >= 11 is 0. The van der Waals surface area contributed by atoms with E-state index in [2.05, 4.69) is 6.92 Å². The van der Waals surface area contributed by atoms with E-state index in [4.69, 9.17) is 9.47 Å². The lowest BCUT2D eigenvalue weighted by Gasteiger charge is -2.16. The van der Waals surface area contributed by atoms with E-state index in [1.807, 2.05) is 20.8 Å². The van der Waals surface area contributed by atoms with Gasteiger partial charge in [0.1, 0.15) is 0 Å². The SMILES string of the molecule is CCCCCCCCCCCOC(=O)/C=C/C(=O)OCC(C)(C)C. The van der Waals surface area contributed by atoms with Crippen molar-refractivity contribution in [2.75, 3.05) is 13.2 Å². The van der Waals surface area contributed by atoms with Crippen LogP contribution in [0.4, 0.5) is 0 Å². The van der Waals surface area contributed by atoms with E-state index in [0.29, 0.717) is 13.2 Å². The van der Waals surface area contributed by atoms with Crippen LogP contribution in [0.2, 0.25) is 0 Å². The van der Waals surface area contributed by atoms with Crippen molar-refractivity contribution in [1.29, 1.82) is 0 Å². The third-order valence-corrected chi connectivity index (χ3v) is 3.50. The molecule has 0 heterocycles. The fourth-order valence-electron chi connectivity index (χ4n) is 2.11. The predicted octanol–water partition coefficient (Wildman–Crippen LogP) is 5.21. The van der Waals surface area contributed by atoms with Crippen molar-refractivity contribution in [2.45, 2.75) is 85.5 Å². The van der Waals surface area contributed by atoms with Gasteiger partial charge in [-0.25, -0.2) is 9.59 Å². The first kappa shape index (κ1) is 22.7. The Bertz CT molecular complexity index is 366. The highest BCUT2D eigenvalue weighted by molar-refractivity contribution is 5.91. The van der Waals surface area contributed by atoms with E-state index in [1.165, 1.54) is 44.9 Å². The largest absolute Gasteiger partial charge is 0.463 e. The molecule has 0 aromatic heterocycles. The second-order valence-corrected chi connectivity index (χ2v) is 7.50. The number of hydrogen-bond donors (Lipinski definition) is 0. The molecule has 0 fully saturated rings. The lowest BCUT2D eigenvalue weighted by molar-refractivity contribution is -0.142. The Kier molecular flexibility index (Phi) is 13.3. The minimum Gasteiger partial charge on any atom is -0.463 e. The molecule has 0 spiro atoms. The summed E-state index contributed by atoms with van der Waals surface area (Å²) in [6, 6.07) is 0. The van der Waals surface area contributed by atoms with Gasteiger partial charge < -0.3 is 9.47 Å². The van der Waals surface area contributed by atoms with Gasteiger partial charge in [-0.1, -0.05) is 79.1 Å². The molecular formula is C20H36O4. The third kappa shape index (κ3) is 17.0. The smallest absolute Gasteiger partial charge is 0.331 e. The number of unbranched alkanes of at least 4 members (excludes halogenated alkanes) is 8. The van der Waals surface area contributed by atoms with Crippen LogP contribution in [0.1, 0.15) is 85.5 Å². The molecule has 0 aliphatic rings. The fourth-order valence-corrected chi connectivity index (χ4v) is 2.11. The van der Waals surface area contributed by atoms with Crippen LogP contribution in [0.15, 0.2) is 12.2 Å². The molecule has 0 radical (unpaired) electrons. The van der Waals surface area contributed by atoms with Gasteiger partial charge in [-0.15, -0.1) is 0 Å². The molecular weight excluding hydrogens is 304 g/mol. The second kappa shape index (κ2) is 14.1. The highest BCUT2D eigenvalue weighted by atomic mass is 16.5. The number of carbonyl (C=O) groups excluding carboxylic acids is 2. The molecule has 0 aromatic carbocycles. The summed E-state index contributed by atoms with van der Waals surface area (Å²) < 4.78 is 10.1. The predicted molar refractivity (Wildman–Crippen MR) is 97.7 cm³/mol. The topological polar surface area (TPSA) is 52.6 Å². The lowest BCUT2D eigenvalue weighted by Crippen LogP contribution is -2.17. The van der Waals surface area contributed by atoms with Crippen LogP contribution >= 0.6 is 0 Å². The molecule has 0 aliphatic carbocycles. The monoisotopic (exact) mass is 340 g/mol. The molecule has 0 bridgehead atoms. The standard InChI is InChI=1S/C20H36O4/c1-5-6-7-8-9-10-11-12-13-16-23-18(21)14-15-19(22)24-17-20(2,3)4/h14-15H,5-13,16-17H2,1-4H3/b15-14+. The molecule has 0 saturated heterocycles. The zero-order valence-corrected chi connectivity index (χ0v) is 16.1. The summed E-state index contributed by atoms with van der Waals surface area (Å²) in [6.45, 7) is 8.89. The van der Waals surface area contributed by atoms with E-state index in [-0.39, 0.29) is 5.41 Å². The van der Waals surface area contributed by atoms with Crippen molar-refractivity contribution in [3.05, 3.63) is 12.2 Å². The fraction of sp³-hybridized carbons (Fsp3) is 0.800. The van der Waals surface area contributed by atoms with Crippen LogP contribution in [0.25, 0.3) is 0 Å². The second-order valence-electron chi connectivity index (χ2n) is 7.50. The summed E-state index contributed by atoms with van der Waals surface area (Å²) in [4.78, 5) is 22.9. The van der Waals surface area contributed by atoms with Gasteiger partial charge in [0.25, 0.3) is 0 Å². The van der Waals surface area contributed by atoms with Gasteiger partial charge in [-0.2, -0.15) is 0 Å². The maximum Gasteiger partial charge on any atom is 0.331 e. The molecule has 4 heteroatoms. The zero-order valence-electron chi connectivity index (χ0n) is 16.1. The Morgan fingerprint density at radius 2 is 1.21 bits per heavy atom. The molecule has 4 nitrogen and oxygen atoms in total. The first-order chi connectivity index (χ1) is 11.3. The molecule has 0 amide bonds. The van der Waals surface area contributed by atoms with Crippen molar-refractivity contribution < 1.29 is 19.1 Å². The zero-order chi connectivity index (χ0) is 18.3. The summed E-state index contributed by atoms with van der Waals surface area (Å²) in [7, 11) is 0. The molecule has 0 N–H and O–H groups in total. The maximum atomic E-state index is 11.5. The van der Waals surface area contributed by atoms with Gasteiger partial charge in [0.05, 0.1) is 13.2 Å². The molecule has 140 valence electrons. The first-order valence-corrected chi connectivity index (χ1v) is 9.37. The van der Waals surface area contributed by atoms with Gasteiger partial charge in [-0.3, -0.25) is 0 Å². The van der Waals surface area contributed by atoms with Crippen LogP contribution in [0.5, 0.6) is 0 Å². The Balaban J connectivity index is 3.52. The molecule has 0 unspecified atom stereocenters. The minimum absolute atomic E-state index is 0.0833. The first-order valence-electron chi connectivity index (χ1n) is 9.37. The summed E-state index contributed by atoms with van der Waals surface area (Å²) in [5.41, 5.74) is -0.0833. The van der Waals surface area contributed by atoms with Crippen molar-refractivity contribution in [3.8, 4) is 0 Å². The van der Waals surface area contributed by atoms with Crippen LogP contribution in [0.3, 0.4) is 0 Å². The Hall–Kier alpha value is -1.32. The number of carbonyl (C=O) groups is 2. The number of esters is 2. The third-order valence-electron chi connectivity index (χ3n) is 3.50. The number of rotatable bonds is 13. The molecule has 0 aromatic rings. The van der Waals surface area contributed by atoms with Crippen LogP contribution in [0, 0.1) is 5.41 Å². The normalized spacial score (nSPS) is 11.7. The van der Waals surface area contributed by atoms with Crippen molar-refractivity contribution in [1.82, 2.24) is 0 Å². The highest BCUT2D eigenvalue weighted by Gasteiger charge is 2.12. The Morgan fingerprint density at radius 1 is 0.750 bits per heavy atom. The number of hydrogen-bond acceptors (Lipinski definition) is 4. The van der Waals surface area contributed by atoms with Gasteiger partial charge in [-0.05, 0) is 11.8 Å². The maximum absolute atomic E-state index is 11.5. The van der Waals surface area contributed by atoms with Gasteiger partial charge >= 0.3 is 11.9 Å². The van der Waals surface area contributed by atoms with Crippen LogP contribution in [-0.4, -0.2) is 25.2 Å². The average Bonchev–Trinajstić information content (AvgIpc) is 2.52. The number of ether oxygens (including phenoxy) is 2. The summed E-state index contributed by atoms with van der Waals surface area (Å²) in [6.07, 6.45) is 13.3. The van der Waals surface area contributed by atoms with E-state index in [9.17, 15) is 9.59 Å². The van der Waals surface area contributed by atoms with E-state index in [0.717, 1.165) is 25.0 Å². The quantitative estimate of drug-likeness (QED) is 0.262. The molecule has 0 aliphatic heterocycles. The molecule has 0 saturated carbocycles. The van der Waals surface area contributed by atoms with Crippen molar-refractivity contribution in [3.63, 3.8) is 0 Å².